The van der Waals surface area contributed by atoms with Gasteiger partial charge in [0.25, 0.3) is 0 Å². The largest absolute Gasteiger partial charge is 0.391 e. The van der Waals surface area contributed by atoms with E-state index in [1.54, 1.807) is 0 Å². The molecule has 2 saturated carbocycles. The predicted molar refractivity (Wildman–Crippen MR) is 84.1 cm³/mol. The molecule has 2 aliphatic carbocycles. The quantitative estimate of drug-likeness (QED) is 0.422. The number of alkyl halides is 3. The lowest BCUT2D eigenvalue weighted by Gasteiger charge is -2.36. The number of hydrogen-bond acceptors (Lipinski definition) is 2. The Morgan fingerprint density at radius 1 is 1.13 bits per heavy atom. The molecule has 0 bridgehead atoms. The molecule has 2 rings (SSSR count). The molecule has 0 aromatic carbocycles. The first-order chi connectivity index (χ1) is 10.8. The van der Waals surface area contributed by atoms with Gasteiger partial charge in [0.05, 0.1) is 18.1 Å². The molecule has 0 aromatic rings. The Bertz CT molecular complexity index is 406. The maximum atomic E-state index is 12.8. The third kappa shape index (κ3) is 5.86. The number of aliphatic hydroxyl groups is 1. The lowest BCUT2D eigenvalue weighted by molar-refractivity contribution is -0.199. The first-order valence-corrected chi connectivity index (χ1v) is 8.64. The van der Waals surface area contributed by atoms with Gasteiger partial charge in [0, 0.05) is 6.04 Å². The standard InChI is InChI=1S/C16H28F3N3O/c17-16(18,19)12-6-5-9-15(23,10-12)11-21-14(20)22-13-7-3-1-2-4-8-13/h12-13,23H,1-11H2,(H3,20,21,22). The van der Waals surface area contributed by atoms with Crippen LogP contribution in [-0.4, -0.2) is 35.4 Å². The van der Waals surface area contributed by atoms with Gasteiger partial charge in [-0.05, 0) is 38.5 Å². The highest BCUT2D eigenvalue weighted by atomic mass is 19.4. The van der Waals surface area contributed by atoms with Crippen LogP contribution < -0.4 is 11.1 Å². The number of halogens is 3. The summed E-state index contributed by atoms with van der Waals surface area (Å²) in [5, 5.41) is 13.6. The number of nitrogens with one attached hydrogen (secondary N) is 1. The third-order valence-corrected chi connectivity index (χ3v) is 5.03. The number of nitrogens with zero attached hydrogens (tertiary/aromatic N) is 1. The summed E-state index contributed by atoms with van der Waals surface area (Å²) in [6.45, 7) is -0.0644. The Balaban J connectivity index is 1.86. The van der Waals surface area contributed by atoms with E-state index < -0.39 is 17.7 Å². The number of nitrogens with two attached hydrogens (primary N) is 1. The van der Waals surface area contributed by atoms with Gasteiger partial charge in [-0.2, -0.15) is 13.2 Å². The number of hydrogen-bond donors (Lipinski definition) is 3. The van der Waals surface area contributed by atoms with Crippen LogP contribution >= 0.6 is 0 Å². The highest BCUT2D eigenvalue weighted by molar-refractivity contribution is 5.78. The summed E-state index contributed by atoms with van der Waals surface area (Å²) in [6, 6.07) is 0.283. The highest BCUT2D eigenvalue weighted by Gasteiger charge is 2.46. The molecule has 4 N–H and O–H groups in total. The fraction of sp³-hybridized carbons (Fsp3) is 0.938. The number of aliphatic imine (C=N–C) groups is 1. The minimum atomic E-state index is -4.25. The topological polar surface area (TPSA) is 70.6 Å². The Morgan fingerprint density at radius 3 is 2.39 bits per heavy atom. The summed E-state index contributed by atoms with van der Waals surface area (Å²) in [7, 11) is 0. The van der Waals surface area contributed by atoms with Crippen molar-refractivity contribution in [3.63, 3.8) is 0 Å². The Morgan fingerprint density at radius 2 is 1.78 bits per heavy atom. The highest BCUT2D eigenvalue weighted by Crippen LogP contribution is 2.41. The molecular formula is C16H28F3N3O. The average molecular weight is 335 g/mol. The van der Waals surface area contributed by atoms with Crippen LogP contribution in [0.15, 0.2) is 4.99 Å². The second kappa shape index (κ2) is 7.73. The van der Waals surface area contributed by atoms with E-state index in [0.717, 1.165) is 25.7 Å². The second-order valence-electron chi connectivity index (χ2n) is 7.09. The van der Waals surface area contributed by atoms with E-state index in [1.165, 1.54) is 12.8 Å². The Hall–Kier alpha value is -0.980. The normalized spacial score (nSPS) is 31.7. The molecule has 23 heavy (non-hydrogen) atoms. The monoisotopic (exact) mass is 335 g/mol. The van der Waals surface area contributed by atoms with Crippen LogP contribution in [0.4, 0.5) is 13.2 Å². The van der Waals surface area contributed by atoms with Gasteiger partial charge in [-0.1, -0.05) is 25.7 Å². The maximum absolute atomic E-state index is 12.8. The van der Waals surface area contributed by atoms with Crippen molar-refractivity contribution in [2.24, 2.45) is 16.6 Å². The van der Waals surface area contributed by atoms with Crippen LogP contribution in [0.5, 0.6) is 0 Å². The minimum Gasteiger partial charge on any atom is -0.388 e. The molecule has 2 unspecified atom stereocenters. The summed E-state index contributed by atoms with van der Waals surface area (Å²) in [5.74, 6) is -1.20. The van der Waals surface area contributed by atoms with Crippen LogP contribution in [-0.2, 0) is 0 Å². The minimum absolute atomic E-state index is 0.0644. The molecule has 2 atom stereocenters. The van der Waals surface area contributed by atoms with Crippen molar-refractivity contribution in [2.75, 3.05) is 6.54 Å². The summed E-state index contributed by atoms with van der Waals surface area (Å²) >= 11 is 0. The fourth-order valence-corrected chi connectivity index (χ4v) is 3.67. The Kier molecular flexibility index (Phi) is 6.17. The molecule has 0 amide bonds. The van der Waals surface area contributed by atoms with Crippen LogP contribution in [0.25, 0.3) is 0 Å². The van der Waals surface area contributed by atoms with Gasteiger partial charge in [-0.15, -0.1) is 0 Å². The van der Waals surface area contributed by atoms with Gasteiger partial charge in [0.1, 0.15) is 0 Å². The van der Waals surface area contributed by atoms with Crippen LogP contribution in [0.2, 0.25) is 0 Å². The number of rotatable bonds is 3. The van der Waals surface area contributed by atoms with Crippen LogP contribution in [0.1, 0.15) is 64.2 Å². The molecule has 0 saturated heterocycles. The summed E-state index contributed by atoms with van der Waals surface area (Å²) in [5.41, 5.74) is 4.46. The van der Waals surface area contributed by atoms with E-state index in [-0.39, 0.29) is 31.4 Å². The smallest absolute Gasteiger partial charge is 0.388 e. The summed E-state index contributed by atoms with van der Waals surface area (Å²) in [6.07, 6.45) is 3.12. The zero-order valence-corrected chi connectivity index (χ0v) is 13.5. The molecule has 2 fully saturated rings. The van der Waals surface area contributed by atoms with Gasteiger partial charge < -0.3 is 16.2 Å². The van der Waals surface area contributed by atoms with Crippen molar-refractivity contribution < 1.29 is 18.3 Å². The molecule has 4 nitrogen and oxygen atoms in total. The van der Waals surface area contributed by atoms with E-state index in [4.69, 9.17) is 5.73 Å². The molecular weight excluding hydrogens is 307 g/mol. The Labute approximate surface area is 135 Å². The van der Waals surface area contributed by atoms with Crippen molar-refractivity contribution >= 4 is 5.96 Å². The van der Waals surface area contributed by atoms with Crippen molar-refractivity contribution in [1.82, 2.24) is 5.32 Å². The molecule has 0 heterocycles. The van der Waals surface area contributed by atoms with Crippen LogP contribution in [0, 0.1) is 5.92 Å². The van der Waals surface area contributed by atoms with E-state index in [0.29, 0.717) is 12.8 Å². The molecule has 0 aliphatic heterocycles. The van der Waals surface area contributed by atoms with E-state index in [2.05, 4.69) is 10.3 Å². The number of guanidine groups is 1. The van der Waals surface area contributed by atoms with Gasteiger partial charge in [0.2, 0.25) is 0 Å². The van der Waals surface area contributed by atoms with Crippen molar-refractivity contribution in [2.45, 2.75) is 82.0 Å². The summed E-state index contributed by atoms with van der Waals surface area (Å²) in [4.78, 5) is 4.13. The molecule has 0 spiro atoms. The van der Waals surface area contributed by atoms with Gasteiger partial charge in [0.15, 0.2) is 5.96 Å². The van der Waals surface area contributed by atoms with Crippen molar-refractivity contribution in [3.8, 4) is 0 Å². The van der Waals surface area contributed by atoms with Crippen molar-refractivity contribution in [3.05, 3.63) is 0 Å². The lowest BCUT2D eigenvalue weighted by Crippen LogP contribution is -2.45. The van der Waals surface area contributed by atoms with E-state index >= 15 is 0 Å². The summed E-state index contributed by atoms with van der Waals surface area (Å²) < 4.78 is 38.5. The van der Waals surface area contributed by atoms with Crippen LogP contribution in [0.3, 0.4) is 0 Å². The van der Waals surface area contributed by atoms with E-state index in [1.807, 2.05) is 0 Å². The lowest BCUT2D eigenvalue weighted by atomic mass is 9.78. The van der Waals surface area contributed by atoms with E-state index in [9.17, 15) is 18.3 Å². The van der Waals surface area contributed by atoms with Gasteiger partial charge in [-0.25, -0.2) is 0 Å². The van der Waals surface area contributed by atoms with Gasteiger partial charge >= 0.3 is 6.18 Å². The zero-order valence-electron chi connectivity index (χ0n) is 13.5. The average Bonchev–Trinajstić information content (AvgIpc) is 2.73. The van der Waals surface area contributed by atoms with Crippen molar-refractivity contribution in [1.29, 1.82) is 0 Å². The second-order valence-corrected chi connectivity index (χ2v) is 7.09. The first kappa shape index (κ1) is 18.4. The van der Waals surface area contributed by atoms with Gasteiger partial charge in [-0.3, -0.25) is 4.99 Å². The molecule has 134 valence electrons. The molecule has 0 radical (unpaired) electrons. The zero-order chi connectivity index (χ0) is 16.9. The first-order valence-electron chi connectivity index (χ1n) is 8.64. The maximum Gasteiger partial charge on any atom is 0.391 e. The third-order valence-electron chi connectivity index (χ3n) is 5.03. The molecule has 7 heteroatoms. The molecule has 0 aromatic heterocycles. The SMILES string of the molecule is NC(=NCC1(O)CCCC(C(F)(F)F)C1)NC1CCCCCC1. The predicted octanol–water partition coefficient (Wildman–Crippen LogP) is 3.10. The fourth-order valence-electron chi connectivity index (χ4n) is 3.67. The molecule has 2 aliphatic rings.